The Morgan fingerprint density at radius 3 is 2.54 bits per heavy atom. The summed E-state index contributed by atoms with van der Waals surface area (Å²) in [4.78, 5) is 73.1. The maximum atomic E-state index is 14.1. The average molecular weight is 948 g/mol. The number of hydrogen-bond acceptors (Lipinski definition) is 16. The van der Waals surface area contributed by atoms with Crippen LogP contribution in [-0.4, -0.2) is 115 Å². The number of benzene rings is 2. The van der Waals surface area contributed by atoms with Gasteiger partial charge in [0.1, 0.15) is 23.8 Å². The zero-order chi connectivity index (χ0) is 47.9. The van der Waals surface area contributed by atoms with Crippen molar-refractivity contribution >= 4 is 46.7 Å². The Balaban J connectivity index is 0.654. The summed E-state index contributed by atoms with van der Waals surface area (Å²) in [5, 5.41) is 26.8. The smallest absolute Gasteiger partial charge is 0.284 e. The molecule has 1 saturated carbocycles. The number of imide groups is 2. The number of alkyl halides is 2. The van der Waals surface area contributed by atoms with E-state index in [0.717, 1.165) is 17.0 Å². The third kappa shape index (κ3) is 11.2. The molecule has 0 radical (unpaired) electrons. The minimum atomic E-state index is -2.95. The van der Waals surface area contributed by atoms with Crippen LogP contribution in [0.2, 0.25) is 0 Å². The highest BCUT2D eigenvalue weighted by molar-refractivity contribution is 6.25. The number of aromatic nitrogens is 7. The Morgan fingerprint density at radius 1 is 0.913 bits per heavy atom. The fraction of sp³-hybridized carbons (Fsp3) is 0.348. The SMILES string of the molecule is O=C1CCC(N2C(=O)c3cccc(NCc4cn(CCOCCOCCNCc5ccc(-n6cc(NC(=O)c7coc(-c8ccnc(NCC9CC9)c8)n7)c(C(F)F)n6)cc5)nn4)c3C2=O)C(=O)N1. The number of piperidine rings is 1. The molecule has 21 nitrogen and oxygen atoms in total. The fourth-order valence-electron chi connectivity index (χ4n) is 7.71. The number of ether oxygens (including phenoxy) is 2. The molecule has 3 aliphatic rings. The van der Waals surface area contributed by atoms with Crippen molar-refractivity contribution in [3.8, 4) is 17.1 Å². The Morgan fingerprint density at radius 2 is 1.74 bits per heavy atom. The van der Waals surface area contributed by atoms with E-state index in [0.29, 0.717) is 80.4 Å². The van der Waals surface area contributed by atoms with E-state index in [9.17, 15) is 32.8 Å². The van der Waals surface area contributed by atoms with E-state index >= 15 is 0 Å². The first-order valence-electron chi connectivity index (χ1n) is 22.4. The number of nitrogens with zero attached hydrogens (tertiary/aromatic N) is 8. The third-order valence-electron chi connectivity index (χ3n) is 11.5. The van der Waals surface area contributed by atoms with Gasteiger partial charge in [0, 0.05) is 43.5 Å². The summed E-state index contributed by atoms with van der Waals surface area (Å²) < 4.78 is 47.9. The summed E-state index contributed by atoms with van der Waals surface area (Å²) >= 11 is 0. The number of rotatable bonds is 23. The maximum Gasteiger partial charge on any atom is 0.284 e. The van der Waals surface area contributed by atoms with Crippen molar-refractivity contribution in [2.24, 2.45) is 5.92 Å². The van der Waals surface area contributed by atoms with Crippen LogP contribution in [0.4, 0.5) is 26.0 Å². The van der Waals surface area contributed by atoms with Gasteiger partial charge in [-0.15, -0.1) is 5.10 Å². The van der Waals surface area contributed by atoms with Crippen molar-refractivity contribution in [1.29, 1.82) is 0 Å². The van der Waals surface area contributed by atoms with Gasteiger partial charge in [-0.3, -0.25) is 34.2 Å². The van der Waals surface area contributed by atoms with Crippen LogP contribution in [0.25, 0.3) is 17.1 Å². The van der Waals surface area contributed by atoms with Crippen LogP contribution in [-0.2, 0) is 38.7 Å². The Labute approximate surface area is 392 Å². The van der Waals surface area contributed by atoms with Crippen molar-refractivity contribution in [1.82, 2.24) is 50.3 Å². The highest BCUT2D eigenvalue weighted by Gasteiger charge is 2.45. The second kappa shape index (κ2) is 21.0. The molecule has 1 atom stereocenters. The topological polar surface area (TPSA) is 255 Å². The molecule has 1 saturated heterocycles. The van der Waals surface area contributed by atoms with E-state index in [4.69, 9.17) is 13.9 Å². The second-order valence-corrected chi connectivity index (χ2v) is 16.5. The van der Waals surface area contributed by atoms with Crippen LogP contribution in [0.1, 0.15) is 80.3 Å². The molecule has 0 spiro atoms. The first-order valence-corrected chi connectivity index (χ1v) is 22.4. The monoisotopic (exact) mass is 947 g/mol. The predicted molar refractivity (Wildman–Crippen MR) is 241 cm³/mol. The van der Waals surface area contributed by atoms with E-state index in [1.807, 2.05) is 12.1 Å². The van der Waals surface area contributed by atoms with Crippen LogP contribution in [0.15, 0.2) is 83.9 Å². The number of halogens is 2. The molecule has 1 unspecified atom stereocenters. The number of pyridine rings is 1. The van der Waals surface area contributed by atoms with Crippen LogP contribution < -0.4 is 26.6 Å². The van der Waals surface area contributed by atoms with Crippen molar-refractivity contribution in [3.63, 3.8) is 0 Å². The standard InChI is InChI=1S/C46H47F2N13O8/c47-41(48)40-34(53-42(63)35-26-69-44(54-35)29-12-13-50-37(20-29)52-22-28-4-5-28)25-60(57-40)31-8-6-27(7-9-31)21-49-14-16-67-18-19-68-17-15-59-24-30(56-58-59)23-51-33-3-1-2-32-39(33)46(66)61(45(32)65)36-10-11-38(62)55-43(36)64/h1-3,6-9,12-13,20,24-26,28,36,41,49,51H,4-5,10-11,14-19,21-23H2,(H,50,52)(H,53,63)(H,55,62,64). The van der Waals surface area contributed by atoms with Gasteiger partial charge in [-0.2, -0.15) is 5.10 Å². The van der Waals surface area contributed by atoms with Gasteiger partial charge in [-0.1, -0.05) is 23.4 Å². The Hall–Kier alpha value is -7.76. The molecular weight excluding hydrogens is 901 g/mol. The normalized spacial score (nSPS) is 15.8. The van der Waals surface area contributed by atoms with Gasteiger partial charge >= 0.3 is 0 Å². The number of fused-ring (bicyclic) bond motifs is 1. The van der Waals surface area contributed by atoms with Crippen LogP contribution in [0, 0.1) is 5.92 Å². The highest BCUT2D eigenvalue weighted by atomic mass is 19.3. The molecule has 2 aliphatic heterocycles. The zero-order valence-corrected chi connectivity index (χ0v) is 37.0. The summed E-state index contributed by atoms with van der Waals surface area (Å²) in [5.74, 6) is -1.51. The van der Waals surface area contributed by atoms with E-state index in [1.54, 1.807) is 53.5 Å². The quantitative estimate of drug-likeness (QED) is 0.0442. The summed E-state index contributed by atoms with van der Waals surface area (Å²) in [7, 11) is 0. The van der Waals surface area contributed by atoms with Gasteiger partial charge in [0.25, 0.3) is 24.1 Å². The molecule has 2 fully saturated rings. The van der Waals surface area contributed by atoms with E-state index in [2.05, 4.69) is 52.0 Å². The van der Waals surface area contributed by atoms with Gasteiger partial charge in [-0.05, 0) is 67.1 Å². The summed E-state index contributed by atoms with van der Waals surface area (Å²) in [6.45, 7) is 4.13. The molecule has 6 aromatic rings. The molecule has 9 rings (SSSR count). The first kappa shape index (κ1) is 46.4. The van der Waals surface area contributed by atoms with Crippen LogP contribution in [0.5, 0.6) is 0 Å². The van der Waals surface area contributed by atoms with Crippen molar-refractivity contribution in [2.75, 3.05) is 55.5 Å². The zero-order valence-electron chi connectivity index (χ0n) is 37.0. The molecule has 6 heterocycles. The molecule has 69 heavy (non-hydrogen) atoms. The van der Waals surface area contributed by atoms with Crippen LogP contribution >= 0.6 is 0 Å². The molecule has 2 aromatic carbocycles. The predicted octanol–water partition coefficient (Wildman–Crippen LogP) is 4.36. The summed E-state index contributed by atoms with van der Waals surface area (Å²) in [6, 6.07) is 14.4. The van der Waals surface area contributed by atoms with Gasteiger partial charge < -0.3 is 35.2 Å². The molecule has 358 valence electrons. The molecule has 1 aliphatic carbocycles. The van der Waals surface area contributed by atoms with Crippen molar-refractivity contribution < 1.29 is 46.6 Å². The maximum absolute atomic E-state index is 14.1. The lowest BCUT2D eigenvalue weighted by molar-refractivity contribution is -0.136. The lowest BCUT2D eigenvalue weighted by Crippen LogP contribution is -2.54. The number of hydrogen-bond donors (Lipinski definition) is 5. The largest absolute Gasteiger partial charge is 0.444 e. The minimum Gasteiger partial charge on any atom is -0.444 e. The van der Waals surface area contributed by atoms with E-state index in [1.165, 1.54) is 36.0 Å². The highest BCUT2D eigenvalue weighted by Crippen LogP contribution is 2.33. The van der Waals surface area contributed by atoms with E-state index in [-0.39, 0.29) is 47.8 Å². The number of carbonyl (C=O) groups excluding carboxylic acids is 5. The molecular formula is C46H47F2N13O8. The number of carbonyl (C=O) groups is 5. The molecule has 5 N–H and O–H groups in total. The first-order chi connectivity index (χ1) is 33.6. The van der Waals surface area contributed by atoms with Crippen molar-refractivity contribution in [3.05, 3.63) is 113 Å². The summed E-state index contributed by atoms with van der Waals surface area (Å²) in [5.41, 5.74) is 2.59. The lowest BCUT2D eigenvalue weighted by Gasteiger charge is -2.27. The number of oxazole rings is 1. The van der Waals surface area contributed by atoms with Gasteiger partial charge in [0.15, 0.2) is 11.4 Å². The van der Waals surface area contributed by atoms with Crippen molar-refractivity contribution in [2.45, 2.75) is 57.8 Å². The average Bonchev–Trinajstić information content (AvgIpc) is 3.63. The number of anilines is 3. The Bertz CT molecular complexity index is 2840. The van der Waals surface area contributed by atoms with Gasteiger partial charge in [-0.25, -0.2) is 28.1 Å². The minimum absolute atomic E-state index is 0.0361. The van der Waals surface area contributed by atoms with Gasteiger partial charge in [0.2, 0.25) is 17.7 Å². The molecule has 0 bridgehead atoms. The van der Waals surface area contributed by atoms with E-state index < -0.39 is 47.7 Å². The Kier molecular flexibility index (Phi) is 14.1. The molecule has 4 aromatic heterocycles. The number of nitrogens with one attached hydrogen (secondary N) is 5. The molecule has 5 amide bonds. The van der Waals surface area contributed by atoms with Gasteiger partial charge in [0.05, 0.1) is 74.4 Å². The van der Waals surface area contributed by atoms with Crippen LogP contribution in [0.3, 0.4) is 0 Å². The third-order valence-corrected chi connectivity index (χ3v) is 11.5. The lowest BCUT2D eigenvalue weighted by atomic mass is 10.0. The molecule has 23 heteroatoms. The number of amides is 5. The summed E-state index contributed by atoms with van der Waals surface area (Å²) in [6.07, 6.45) is 5.40. The second-order valence-electron chi connectivity index (χ2n) is 16.5. The fourth-order valence-corrected chi connectivity index (χ4v) is 7.71.